The van der Waals surface area contributed by atoms with Gasteiger partial charge >= 0.3 is 5.97 Å². The molecule has 1 aliphatic heterocycles. The van der Waals surface area contributed by atoms with E-state index in [1.807, 2.05) is 19.1 Å². The van der Waals surface area contributed by atoms with Crippen LogP contribution < -0.4 is 4.31 Å². The molecule has 0 aromatic heterocycles. The maximum Gasteiger partial charge on any atom is 0.309 e. The van der Waals surface area contributed by atoms with Gasteiger partial charge in [0.2, 0.25) is 15.9 Å². The fourth-order valence-corrected chi connectivity index (χ4v) is 4.00. The van der Waals surface area contributed by atoms with E-state index in [4.69, 9.17) is 4.74 Å². The van der Waals surface area contributed by atoms with E-state index in [-0.39, 0.29) is 24.3 Å². The molecule has 1 fully saturated rings. The molecule has 8 heteroatoms. The topological polar surface area (TPSA) is 84.0 Å². The van der Waals surface area contributed by atoms with Crippen LogP contribution in [-0.2, 0) is 30.8 Å². The monoisotopic (exact) mass is 396 g/mol. The largest absolute Gasteiger partial charge is 0.466 e. The molecule has 0 N–H and O–H groups in total. The fourth-order valence-electron chi connectivity index (χ4n) is 3.15. The highest BCUT2D eigenvalue weighted by Gasteiger charge is 2.30. The quantitative estimate of drug-likeness (QED) is 0.657. The van der Waals surface area contributed by atoms with Crippen LogP contribution in [0.15, 0.2) is 24.3 Å². The van der Waals surface area contributed by atoms with Crippen LogP contribution in [0.25, 0.3) is 0 Å². The average molecular weight is 397 g/mol. The predicted octanol–water partition coefficient (Wildman–Crippen LogP) is 1.82. The van der Waals surface area contributed by atoms with E-state index in [2.05, 4.69) is 0 Å². The van der Waals surface area contributed by atoms with Crippen molar-refractivity contribution in [3.63, 3.8) is 0 Å². The van der Waals surface area contributed by atoms with Gasteiger partial charge < -0.3 is 9.64 Å². The van der Waals surface area contributed by atoms with Gasteiger partial charge in [0.25, 0.3) is 0 Å². The highest BCUT2D eigenvalue weighted by molar-refractivity contribution is 7.92. The van der Waals surface area contributed by atoms with E-state index in [1.165, 1.54) is 0 Å². The second kappa shape index (κ2) is 9.21. The maximum atomic E-state index is 12.7. The van der Waals surface area contributed by atoms with Gasteiger partial charge in [-0.2, -0.15) is 0 Å². The summed E-state index contributed by atoms with van der Waals surface area (Å²) in [6.45, 7) is 4.74. The number of likely N-dealkylation sites (tertiary alicyclic amines) is 1. The number of sulfonamides is 1. The van der Waals surface area contributed by atoms with E-state index < -0.39 is 10.0 Å². The van der Waals surface area contributed by atoms with Crippen molar-refractivity contribution >= 4 is 27.6 Å². The third-order valence-corrected chi connectivity index (χ3v) is 5.92. The van der Waals surface area contributed by atoms with E-state index in [9.17, 15) is 18.0 Å². The van der Waals surface area contributed by atoms with Crippen molar-refractivity contribution in [1.82, 2.24) is 4.90 Å². The zero-order valence-electron chi connectivity index (χ0n) is 16.2. The van der Waals surface area contributed by atoms with E-state index in [0.717, 1.165) is 22.5 Å². The summed E-state index contributed by atoms with van der Waals surface area (Å²) in [6.07, 6.45) is 3.03. The molecule has 2 rings (SSSR count). The van der Waals surface area contributed by atoms with Crippen molar-refractivity contribution in [3.8, 4) is 0 Å². The van der Waals surface area contributed by atoms with E-state index >= 15 is 0 Å². The van der Waals surface area contributed by atoms with Crippen molar-refractivity contribution in [2.45, 2.75) is 33.1 Å². The molecular weight excluding hydrogens is 368 g/mol. The van der Waals surface area contributed by atoms with Crippen molar-refractivity contribution in [1.29, 1.82) is 0 Å². The summed E-state index contributed by atoms with van der Waals surface area (Å²) in [5, 5.41) is 0. The lowest BCUT2D eigenvalue weighted by Gasteiger charge is -2.32. The van der Waals surface area contributed by atoms with Gasteiger partial charge in [0, 0.05) is 13.1 Å². The van der Waals surface area contributed by atoms with Gasteiger partial charge in [-0.3, -0.25) is 13.9 Å². The third-order valence-electron chi connectivity index (χ3n) is 4.78. The SMILES string of the molecule is CCOC(=O)C1CCN(C(=O)CN(c2ccc(CC)cc2)S(C)(=O)=O)CC1. The second-order valence-corrected chi connectivity index (χ2v) is 8.60. The molecule has 1 aromatic carbocycles. The lowest BCUT2D eigenvalue weighted by Crippen LogP contribution is -2.46. The maximum absolute atomic E-state index is 12.7. The van der Waals surface area contributed by atoms with Crippen LogP contribution >= 0.6 is 0 Å². The molecule has 150 valence electrons. The summed E-state index contributed by atoms with van der Waals surface area (Å²) in [5.41, 5.74) is 1.57. The van der Waals surface area contributed by atoms with Gasteiger partial charge in [-0.25, -0.2) is 8.42 Å². The lowest BCUT2D eigenvalue weighted by atomic mass is 9.97. The smallest absolute Gasteiger partial charge is 0.309 e. The first-order chi connectivity index (χ1) is 12.8. The molecule has 0 spiro atoms. The number of carbonyl (C=O) groups excluding carboxylic acids is 2. The predicted molar refractivity (Wildman–Crippen MR) is 104 cm³/mol. The summed E-state index contributed by atoms with van der Waals surface area (Å²) >= 11 is 0. The number of hydrogen-bond acceptors (Lipinski definition) is 5. The summed E-state index contributed by atoms with van der Waals surface area (Å²) in [6, 6.07) is 7.17. The first-order valence-corrected chi connectivity index (χ1v) is 11.1. The Balaban J connectivity index is 2.03. The number of ether oxygens (including phenoxy) is 1. The summed E-state index contributed by atoms with van der Waals surface area (Å²) < 4.78 is 30.6. The first kappa shape index (κ1) is 21.2. The van der Waals surface area contributed by atoms with Gasteiger partial charge in [-0.15, -0.1) is 0 Å². The minimum atomic E-state index is -3.59. The molecule has 0 aliphatic carbocycles. The molecule has 1 heterocycles. The number of amides is 1. The Morgan fingerprint density at radius 2 is 1.74 bits per heavy atom. The number of benzene rings is 1. The summed E-state index contributed by atoms with van der Waals surface area (Å²) in [7, 11) is -3.59. The summed E-state index contributed by atoms with van der Waals surface area (Å²) in [4.78, 5) is 26.1. The molecule has 1 saturated heterocycles. The zero-order chi connectivity index (χ0) is 20.0. The molecule has 0 bridgehead atoms. The average Bonchev–Trinajstić information content (AvgIpc) is 2.65. The van der Waals surface area contributed by atoms with Gasteiger partial charge in [0.15, 0.2) is 0 Å². The Morgan fingerprint density at radius 1 is 1.15 bits per heavy atom. The fraction of sp³-hybridized carbons (Fsp3) is 0.579. The van der Waals surface area contributed by atoms with Crippen LogP contribution in [0, 0.1) is 5.92 Å². The number of hydrogen-bond donors (Lipinski definition) is 0. The molecule has 1 aliphatic rings. The highest BCUT2D eigenvalue weighted by Crippen LogP contribution is 2.22. The standard InChI is InChI=1S/C19H28N2O5S/c1-4-15-6-8-17(9-7-15)21(27(3,24)25)14-18(22)20-12-10-16(11-13-20)19(23)26-5-2/h6-9,16H,4-5,10-14H2,1-3H3. The van der Waals surface area contributed by atoms with Crippen LogP contribution in [0.1, 0.15) is 32.3 Å². The Labute approximate surface area is 161 Å². The van der Waals surface area contributed by atoms with Crippen molar-refractivity contribution in [3.05, 3.63) is 29.8 Å². The molecule has 0 unspecified atom stereocenters. The minimum absolute atomic E-state index is 0.193. The molecule has 1 amide bonds. The number of nitrogens with zero attached hydrogens (tertiary/aromatic N) is 2. The number of esters is 1. The second-order valence-electron chi connectivity index (χ2n) is 6.70. The van der Waals surface area contributed by atoms with Crippen molar-refractivity contribution in [2.24, 2.45) is 5.92 Å². The Kier molecular flexibility index (Phi) is 7.24. The lowest BCUT2D eigenvalue weighted by molar-refractivity contribution is -0.151. The minimum Gasteiger partial charge on any atom is -0.466 e. The van der Waals surface area contributed by atoms with Crippen LogP contribution in [-0.4, -0.2) is 57.7 Å². The Morgan fingerprint density at radius 3 is 2.22 bits per heavy atom. The molecule has 27 heavy (non-hydrogen) atoms. The molecule has 0 saturated carbocycles. The van der Waals surface area contributed by atoms with Crippen molar-refractivity contribution < 1.29 is 22.7 Å². The third kappa shape index (κ3) is 5.69. The Bertz CT molecular complexity index is 753. The number of anilines is 1. The molecule has 1 aromatic rings. The van der Waals surface area contributed by atoms with E-state index in [1.54, 1.807) is 24.0 Å². The molecular formula is C19H28N2O5S. The van der Waals surface area contributed by atoms with Crippen LogP contribution in [0.3, 0.4) is 0 Å². The molecule has 0 atom stereocenters. The number of rotatable bonds is 7. The van der Waals surface area contributed by atoms with Crippen LogP contribution in [0.4, 0.5) is 5.69 Å². The van der Waals surface area contributed by atoms with Gasteiger partial charge in [0.05, 0.1) is 24.5 Å². The number of aryl methyl sites for hydroxylation is 1. The molecule has 7 nitrogen and oxygen atoms in total. The van der Waals surface area contributed by atoms with E-state index in [0.29, 0.717) is 38.2 Å². The highest BCUT2D eigenvalue weighted by atomic mass is 32.2. The normalized spacial score (nSPS) is 15.4. The van der Waals surface area contributed by atoms with Gasteiger partial charge in [-0.05, 0) is 43.9 Å². The van der Waals surface area contributed by atoms with Gasteiger partial charge in [0.1, 0.15) is 6.54 Å². The number of piperidine rings is 1. The zero-order valence-corrected chi connectivity index (χ0v) is 17.0. The first-order valence-electron chi connectivity index (χ1n) is 9.27. The van der Waals surface area contributed by atoms with Crippen LogP contribution in [0.5, 0.6) is 0 Å². The Hall–Kier alpha value is -2.09. The number of carbonyl (C=O) groups is 2. The summed E-state index contributed by atoms with van der Waals surface area (Å²) in [5.74, 6) is -0.678. The van der Waals surface area contributed by atoms with Gasteiger partial charge in [-0.1, -0.05) is 19.1 Å². The molecule has 0 radical (unpaired) electrons. The van der Waals surface area contributed by atoms with Crippen LogP contribution in [0.2, 0.25) is 0 Å². The van der Waals surface area contributed by atoms with Crippen molar-refractivity contribution in [2.75, 3.05) is 36.8 Å².